The standard InChI is InChI=1S/C15H24N2/c1-4-12(2)14-5-7-15(8-6-14)17(3)11-13-9-16-10-13/h5-8,12-13,16H,4,9-11H2,1-3H3. The maximum atomic E-state index is 3.32. The lowest BCUT2D eigenvalue weighted by Crippen LogP contribution is -2.47. The lowest BCUT2D eigenvalue weighted by molar-refractivity contribution is 0.353. The van der Waals surface area contributed by atoms with Gasteiger partial charge in [-0.1, -0.05) is 26.0 Å². The molecular formula is C15H24N2. The number of rotatable bonds is 5. The first-order valence-corrected chi connectivity index (χ1v) is 6.72. The predicted molar refractivity (Wildman–Crippen MR) is 74.8 cm³/mol. The van der Waals surface area contributed by atoms with Gasteiger partial charge in [0.15, 0.2) is 0 Å². The molecule has 0 bridgehead atoms. The van der Waals surface area contributed by atoms with E-state index < -0.39 is 0 Å². The summed E-state index contributed by atoms with van der Waals surface area (Å²) in [6, 6.07) is 9.07. The highest BCUT2D eigenvalue weighted by molar-refractivity contribution is 5.47. The highest BCUT2D eigenvalue weighted by Gasteiger charge is 2.18. The molecule has 0 aliphatic carbocycles. The van der Waals surface area contributed by atoms with Crippen LogP contribution in [-0.2, 0) is 0 Å². The molecule has 1 aliphatic rings. The quantitative estimate of drug-likeness (QED) is 0.840. The van der Waals surface area contributed by atoms with E-state index >= 15 is 0 Å². The molecule has 0 spiro atoms. The fourth-order valence-electron chi connectivity index (χ4n) is 2.26. The van der Waals surface area contributed by atoms with Crippen LogP contribution in [0.1, 0.15) is 31.7 Å². The fraction of sp³-hybridized carbons (Fsp3) is 0.600. The Morgan fingerprint density at radius 2 is 1.94 bits per heavy atom. The number of hydrogen-bond acceptors (Lipinski definition) is 2. The molecule has 1 aromatic rings. The largest absolute Gasteiger partial charge is 0.374 e. The van der Waals surface area contributed by atoms with Crippen LogP contribution in [-0.4, -0.2) is 26.7 Å². The van der Waals surface area contributed by atoms with Gasteiger partial charge in [-0.3, -0.25) is 0 Å². The maximum absolute atomic E-state index is 3.32. The first-order valence-electron chi connectivity index (χ1n) is 6.72. The summed E-state index contributed by atoms with van der Waals surface area (Å²) in [5.41, 5.74) is 2.79. The highest BCUT2D eigenvalue weighted by Crippen LogP contribution is 2.22. The topological polar surface area (TPSA) is 15.3 Å². The summed E-state index contributed by atoms with van der Waals surface area (Å²) in [6.45, 7) is 8.05. The van der Waals surface area contributed by atoms with Gasteiger partial charge in [-0.25, -0.2) is 0 Å². The molecule has 94 valence electrons. The van der Waals surface area contributed by atoms with Crippen molar-refractivity contribution in [1.82, 2.24) is 5.32 Å². The summed E-state index contributed by atoms with van der Waals surface area (Å²) in [7, 11) is 2.19. The third-order valence-corrected chi connectivity index (χ3v) is 3.91. The average molecular weight is 232 g/mol. The average Bonchev–Trinajstić information content (AvgIpc) is 2.32. The van der Waals surface area contributed by atoms with E-state index in [2.05, 4.69) is 55.4 Å². The Morgan fingerprint density at radius 3 is 2.41 bits per heavy atom. The van der Waals surface area contributed by atoms with Gasteiger partial charge in [0.25, 0.3) is 0 Å². The van der Waals surface area contributed by atoms with Crippen molar-refractivity contribution < 1.29 is 0 Å². The zero-order valence-corrected chi connectivity index (χ0v) is 11.2. The third-order valence-electron chi connectivity index (χ3n) is 3.91. The van der Waals surface area contributed by atoms with Gasteiger partial charge in [-0.05, 0) is 30.0 Å². The molecule has 0 amide bonds. The maximum Gasteiger partial charge on any atom is 0.0363 e. The Balaban J connectivity index is 1.96. The number of benzene rings is 1. The molecular weight excluding hydrogens is 208 g/mol. The van der Waals surface area contributed by atoms with E-state index in [-0.39, 0.29) is 0 Å². The van der Waals surface area contributed by atoms with Gasteiger partial charge in [-0.15, -0.1) is 0 Å². The van der Waals surface area contributed by atoms with Gasteiger partial charge in [0.2, 0.25) is 0 Å². The second-order valence-corrected chi connectivity index (χ2v) is 5.31. The van der Waals surface area contributed by atoms with Crippen LogP contribution in [0.5, 0.6) is 0 Å². The molecule has 1 saturated heterocycles. The summed E-state index contributed by atoms with van der Waals surface area (Å²) in [5, 5.41) is 3.32. The van der Waals surface area contributed by atoms with Crippen molar-refractivity contribution >= 4 is 5.69 Å². The molecule has 1 atom stereocenters. The Morgan fingerprint density at radius 1 is 1.29 bits per heavy atom. The Labute approximate surface area is 105 Å². The monoisotopic (exact) mass is 232 g/mol. The zero-order chi connectivity index (χ0) is 12.3. The number of anilines is 1. The second kappa shape index (κ2) is 5.54. The van der Waals surface area contributed by atoms with E-state index in [4.69, 9.17) is 0 Å². The molecule has 0 radical (unpaired) electrons. The van der Waals surface area contributed by atoms with E-state index in [0.29, 0.717) is 5.92 Å². The summed E-state index contributed by atoms with van der Waals surface area (Å²) in [5.74, 6) is 1.50. The normalized spacial score (nSPS) is 17.6. The minimum absolute atomic E-state index is 0.671. The smallest absolute Gasteiger partial charge is 0.0363 e. The second-order valence-electron chi connectivity index (χ2n) is 5.31. The first kappa shape index (κ1) is 12.4. The van der Waals surface area contributed by atoms with Crippen LogP contribution in [0, 0.1) is 5.92 Å². The molecule has 0 aromatic heterocycles. The van der Waals surface area contributed by atoms with Crippen molar-refractivity contribution in [2.45, 2.75) is 26.2 Å². The Kier molecular flexibility index (Phi) is 4.06. The molecule has 1 fully saturated rings. The van der Waals surface area contributed by atoms with Crippen LogP contribution in [0.15, 0.2) is 24.3 Å². The minimum atomic E-state index is 0.671. The molecule has 1 unspecified atom stereocenters. The van der Waals surface area contributed by atoms with Crippen molar-refractivity contribution in [3.63, 3.8) is 0 Å². The molecule has 2 heteroatoms. The summed E-state index contributed by atoms with van der Waals surface area (Å²) < 4.78 is 0. The zero-order valence-electron chi connectivity index (χ0n) is 11.2. The predicted octanol–water partition coefficient (Wildman–Crippen LogP) is 2.86. The summed E-state index contributed by atoms with van der Waals surface area (Å²) in [6.07, 6.45) is 1.21. The summed E-state index contributed by atoms with van der Waals surface area (Å²) >= 11 is 0. The third kappa shape index (κ3) is 3.01. The highest BCUT2D eigenvalue weighted by atomic mass is 15.1. The van der Waals surface area contributed by atoms with Crippen LogP contribution < -0.4 is 10.2 Å². The Bertz CT molecular complexity index is 340. The van der Waals surface area contributed by atoms with Gasteiger partial charge >= 0.3 is 0 Å². The van der Waals surface area contributed by atoms with Crippen molar-refractivity contribution in [2.75, 3.05) is 31.6 Å². The van der Waals surface area contributed by atoms with Gasteiger partial charge in [0.05, 0.1) is 0 Å². The number of hydrogen-bond donors (Lipinski definition) is 1. The summed E-state index contributed by atoms with van der Waals surface area (Å²) in [4.78, 5) is 2.37. The van der Waals surface area contributed by atoms with E-state index in [1.165, 1.54) is 30.8 Å². The molecule has 1 aliphatic heterocycles. The fourth-order valence-corrected chi connectivity index (χ4v) is 2.26. The van der Waals surface area contributed by atoms with Crippen molar-refractivity contribution in [3.05, 3.63) is 29.8 Å². The van der Waals surface area contributed by atoms with E-state index in [9.17, 15) is 0 Å². The van der Waals surface area contributed by atoms with Gasteiger partial charge in [0, 0.05) is 38.3 Å². The van der Waals surface area contributed by atoms with Crippen LogP contribution in [0.3, 0.4) is 0 Å². The molecule has 2 rings (SSSR count). The van der Waals surface area contributed by atoms with E-state index in [1.54, 1.807) is 0 Å². The van der Waals surface area contributed by atoms with Gasteiger partial charge < -0.3 is 10.2 Å². The molecule has 2 nitrogen and oxygen atoms in total. The number of nitrogens with one attached hydrogen (secondary N) is 1. The molecule has 17 heavy (non-hydrogen) atoms. The van der Waals surface area contributed by atoms with E-state index in [0.717, 1.165) is 12.5 Å². The Hall–Kier alpha value is -1.02. The van der Waals surface area contributed by atoms with Crippen molar-refractivity contribution in [1.29, 1.82) is 0 Å². The lowest BCUT2D eigenvalue weighted by atomic mass is 9.98. The van der Waals surface area contributed by atoms with Crippen LogP contribution in [0.2, 0.25) is 0 Å². The van der Waals surface area contributed by atoms with Gasteiger partial charge in [0.1, 0.15) is 0 Å². The lowest BCUT2D eigenvalue weighted by Gasteiger charge is -2.32. The van der Waals surface area contributed by atoms with Crippen LogP contribution in [0.25, 0.3) is 0 Å². The van der Waals surface area contributed by atoms with Crippen molar-refractivity contribution in [3.8, 4) is 0 Å². The van der Waals surface area contributed by atoms with Crippen LogP contribution in [0.4, 0.5) is 5.69 Å². The molecule has 1 N–H and O–H groups in total. The first-order chi connectivity index (χ1) is 8.20. The minimum Gasteiger partial charge on any atom is -0.374 e. The van der Waals surface area contributed by atoms with Crippen LogP contribution >= 0.6 is 0 Å². The SMILES string of the molecule is CCC(C)c1ccc(N(C)CC2CNC2)cc1. The molecule has 0 saturated carbocycles. The van der Waals surface area contributed by atoms with Gasteiger partial charge in [-0.2, -0.15) is 0 Å². The van der Waals surface area contributed by atoms with E-state index in [1.807, 2.05) is 0 Å². The molecule has 1 heterocycles. The number of nitrogens with zero attached hydrogens (tertiary/aromatic N) is 1. The van der Waals surface area contributed by atoms with Crippen molar-refractivity contribution in [2.24, 2.45) is 5.92 Å². The molecule has 1 aromatic carbocycles.